The minimum atomic E-state index is -0.409. The van der Waals surface area contributed by atoms with E-state index in [1.807, 2.05) is 12.1 Å². The average molecular weight is 192 g/mol. The van der Waals surface area contributed by atoms with Crippen LogP contribution in [0.2, 0.25) is 0 Å². The van der Waals surface area contributed by atoms with Gasteiger partial charge in [0.15, 0.2) is 0 Å². The first-order valence-corrected chi connectivity index (χ1v) is 4.50. The predicted molar refractivity (Wildman–Crippen MR) is 51.6 cm³/mol. The summed E-state index contributed by atoms with van der Waals surface area (Å²) >= 11 is 0. The Hall–Kier alpha value is -1.39. The van der Waals surface area contributed by atoms with E-state index in [-0.39, 0.29) is 12.5 Å². The molecule has 0 saturated carbocycles. The fourth-order valence-electron chi connectivity index (χ4n) is 1.57. The van der Waals surface area contributed by atoms with Gasteiger partial charge in [-0.15, -0.1) is 0 Å². The molecule has 1 amide bonds. The van der Waals surface area contributed by atoms with Crippen LogP contribution in [0, 0.1) is 0 Å². The van der Waals surface area contributed by atoms with E-state index in [9.17, 15) is 4.79 Å². The van der Waals surface area contributed by atoms with Crippen LogP contribution < -0.4 is 11.1 Å². The second-order valence-corrected chi connectivity index (χ2v) is 3.39. The molecule has 1 heterocycles. The lowest BCUT2D eigenvalue weighted by molar-refractivity contribution is 0.0965. The summed E-state index contributed by atoms with van der Waals surface area (Å²) in [5.41, 5.74) is 8.11. The second kappa shape index (κ2) is 3.40. The maximum absolute atomic E-state index is 11.3. The van der Waals surface area contributed by atoms with E-state index < -0.39 is 6.04 Å². The zero-order valence-electron chi connectivity index (χ0n) is 7.66. The van der Waals surface area contributed by atoms with Gasteiger partial charge >= 0.3 is 0 Å². The molecule has 74 valence electrons. The first kappa shape index (κ1) is 9.18. The third kappa shape index (κ3) is 1.38. The Kier molecular flexibility index (Phi) is 2.23. The van der Waals surface area contributed by atoms with Crippen molar-refractivity contribution in [3.8, 4) is 0 Å². The summed E-state index contributed by atoms with van der Waals surface area (Å²) in [6.45, 7) is 0.475. The van der Waals surface area contributed by atoms with Gasteiger partial charge in [-0.25, -0.2) is 0 Å². The number of aliphatic hydroxyl groups excluding tert-OH is 1. The minimum Gasteiger partial charge on any atom is -0.394 e. The van der Waals surface area contributed by atoms with Gasteiger partial charge in [0.25, 0.3) is 5.91 Å². The van der Waals surface area contributed by atoms with E-state index in [0.717, 1.165) is 11.1 Å². The molecule has 0 fully saturated rings. The molecule has 1 aliphatic heterocycles. The van der Waals surface area contributed by atoms with Crippen LogP contribution in [0.5, 0.6) is 0 Å². The Bertz CT molecular complexity index is 376. The number of nitrogens with two attached hydrogens (primary N) is 1. The zero-order chi connectivity index (χ0) is 10.1. The van der Waals surface area contributed by atoms with Crippen molar-refractivity contribution < 1.29 is 9.90 Å². The maximum atomic E-state index is 11.3. The summed E-state index contributed by atoms with van der Waals surface area (Å²) in [4.78, 5) is 11.3. The highest BCUT2D eigenvalue weighted by Crippen LogP contribution is 2.19. The van der Waals surface area contributed by atoms with Gasteiger partial charge in [0.1, 0.15) is 0 Å². The van der Waals surface area contributed by atoms with Crippen molar-refractivity contribution in [2.24, 2.45) is 5.73 Å². The van der Waals surface area contributed by atoms with E-state index in [1.165, 1.54) is 0 Å². The molecule has 1 atom stereocenters. The number of rotatable bonds is 2. The van der Waals surface area contributed by atoms with Crippen molar-refractivity contribution in [1.29, 1.82) is 0 Å². The molecule has 1 aromatic rings. The van der Waals surface area contributed by atoms with Crippen LogP contribution in [0.3, 0.4) is 0 Å². The monoisotopic (exact) mass is 192 g/mol. The highest BCUT2D eigenvalue weighted by atomic mass is 16.3. The summed E-state index contributed by atoms with van der Waals surface area (Å²) in [5, 5.41) is 11.6. The first-order valence-electron chi connectivity index (χ1n) is 4.50. The largest absolute Gasteiger partial charge is 0.394 e. The lowest BCUT2D eigenvalue weighted by Crippen LogP contribution is -2.15. The van der Waals surface area contributed by atoms with E-state index in [4.69, 9.17) is 10.8 Å². The number of carbonyl (C=O) groups excluding carboxylic acids is 1. The van der Waals surface area contributed by atoms with Gasteiger partial charge in [-0.3, -0.25) is 4.79 Å². The van der Waals surface area contributed by atoms with Crippen molar-refractivity contribution in [3.63, 3.8) is 0 Å². The lowest BCUT2D eigenvalue weighted by Gasteiger charge is -2.09. The average Bonchev–Trinajstić information content (AvgIpc) is 2.59. The molecule has 1 aromatic carbocycles. The molecule has 0 bridgehead atoms. The molecule has 4 heteroatoms. The Morgan fingerprint density at radius 2 is 2.36 bits per heavy atom. The highest BCUT2D eigenvalue weighted by molar-refractivity contribution is 5.98. The Morgan fingerprint density at radius 1 is 1.57 bits per heavy atom. The zero-order valence-corrected chi connectivity index (χ0v) is 7.66. The molecular formula is C10H12N2O2. The molecule has 2 rings (SSSR count). The van der Waals surface area contributed by atoms with E-state index in [2.05, 4.69) is 5.32 Å². The van der Waals surface area contributed by atoms with Crippen LogP contribution in [0.15, 0.2) is 18.2 Å². The number of benzene rings is 1. The van der Waals surface area contributed by atoms with Gasteiger partial charge in [0, 0.05) is 12.1 Å². The maximum Gasteiger partial charge on any atom is 0.251 e. The van der Waals surface area contributed by atoms with Crippen LogP contribution in [-0.2, 0) is 6.54 Å². The van der Waals surface area contributed by atoms with Crippen molar-refractivity contribution >= 4 is 5.91 Å². The fraction of sp³-hybridized carbons (Fsp3) is 0.300. The van der Waals surface area contributed by atoms with Crippen LogP contribution in [0.1, 0.15) is 27.5 Å². The molecule has 0 spiro atoms. The first-order chi connectivity index (χ1) is 6.72. The molecule has 1 unspecified atom stereocenters. The van der Waals surface area contributed by atoms with Gasteiger partial charge in [-0.05, 0) is 17.2 Å². The topological polar surface area (TPSA) is 75.3 Å². The summed E-state index contributed by atoms with van der Waals surface area (Å²) in [6, 6.07) is 5.06. The molecule has 4 N–H and O–H groups in total. The number of aliphatic hydroxyl groups is 1. The van der Waals surface area contributed by atoms with Crippen molar-refractivity contribution in [2.75, 3.05) is 6.61 Å². The minimum absolute atomic E-state index is 0.0630. The molecular weight excluding hydrogens is 180 g/mol. The van der Waals surface area contributed by atoms with Crippen LogP contribution in [0.25, 0.3) is 0 Å². The van der Waals surface area contributed by atoms with Crippen molar-refractivity contribution in [2.45, 2.75) is 12.6 Å². The van der Waals surface area contributed by atoms with Crippen molar-refractivity contribution in [1.82, 2.24) is 5.32 Å². The molecule has 0 aliphatic carbocycles. The second-order valence-electron chi connectivity index (χ2n) is 3.39. The number of hydrogen-bond acceptors (Lipinski definition) is 3. The summed E-state index contributed by atoms with van der Waals surface area (Å²) < 4.78 is 0. The highest BCUT2D eigenvalue weighted by Gasteiger charge is 2.19. The molecule has 4 nitrogen and oxygen atoms in total. The predicted octanol–water partition coefficient (Wildman–Crippen LogP) is -0.0779. The standard InChI is InChI=1S/C10H12N2O2/c11-9(5-13)6-1-2-7-4-12-10(14)8(7)3-6/h1-3,9,13H,4-5,11H2,(H,12,14). The van der Waals surface area contributed by atoms with Crippen LogP contribution >= 0.6 is 0 Å². The number of carbonyl (C=O) groups is 1. The molecule has 14 heavy (non-hydrogen) atoms. The van der Waals surface area contributed by atoms with Gasteiger partial charge in [0.05, 0.1) is 12.6 Å². The van der Waals surface area contributed by atoms with Crippen molar-refractivity contribution in [3.05, 3.63) is 34.9 Å². The number of nitrogens with one attached hydrogen (secondary N) is 1. The van der Waals surface area contributed by atoms with Gasteiger partial charge in [0.2, 0.25) is 0 Å². The van der Waals surface area contributed by atoms with E-state index >= 15 is 0 Å². The van der Waals surface area contributed by atoms with Gasteiger partial charge in [-0.1, -0.05) is 12.1 Å². The lowest BCUT2D eigenvalue weighted by atomic mass is 10.0. The molecule has 0 radical (unpaired) electrons. The van der Waals surface area contributed by atoms with E-state index in [0.29, 0.717) is 12.1 Å². The summed E-state index contributed by atoms with van der Waals surface area (Å²) in [7, 11) is 0. The Labute approximate surface area is 81.7 Å². The van der Waals surface area contributed by atoms with Crippen LogP contribution in [0.4, 0.5) is 0 Å². The molecule has 0 aromatic heterocycles. The normalized spacial score (nSPS) is 16.3. The smallest absolute Gasteiger partial charge is 0.251 e. The fourth-order valence-corrected chi connectivity index (χ4v) is 1.57. The summed E-state index contributed by atoms with van der Waals surface area (Å²) in [6.07, 6.45) is 0. The Morgan fingerprint density at radius 3 is 3.07 bits per heavy atom. The van der Waals surface area contributed by atoms with E-state index in [1.54, 1.807) is 6.07 Å². The molecule has 1 aliphatic rings. The Balaban J connectivity index is 2.39. The summed E-state index contributed by atoms with van der Waals surface area (Å²) in [5.74, 6) is -0.0630. The molecule has 0 saturated heterocycles. The third-order valence-electron chi connectivity index (χ3n) is 2.44. The van der Waals surface area contributed by atoms with Crippen LogP contribution in [-0.4, -0.2) is 17.6 Å². The van der Waals surface area contributed by atoms with Gasteiger partial charge < -0.3 is 16.2 Å². The number of fused-ring (bicyclic) bond motifs is 1. The van der Waals surface area contributed by atoms with Gasteiger partial charge in [-0.2, -0.15) is 0 Å². The number of hydrogen-bond donors (Lipinski definition) is 3. The third-order valence-corrected chi connectivity index (χ3v) is 2.44. The SMILES string of the molecule is NC(CO)c1ccc2c(c1)C(=O)NC2. The quantitative estimate of drug-likeness (QED) is 0.613. The number of amides is 1.